The molecule has 0 N–H and O–H groups in total. The zero-order valence-corrected chi connectivity index (χ0v) is 20.0. The van der Waals surface area contributed by atoms with Gasteiger partial charge in [0.25, 0.3) is 0 Å². The van der Waals surface area contributed by atoms with Crippen LogP contribution in [0.15, 0.2) is 60.7 Å². The summed E-state index contributed by atoms with van der Waals surface area (Å²) in [4.78, 5) is 0. The van der Waals surface area contributed by atoms with E-state index in [-0.39, 0.29) is 0 Å². The van der Waals surface area contributed by atoms with Crippen LogP contribution in [0.3, 0.4) is 0 Å². The second kappa shape index (κ2) is 6.53. The molecule has 2 aromatic carbocycles. The molecule has 0 nitrogen and oxygen atoms in total. The van der Waals surface area contributed by atoms with Gasteiger partial charge in [-0.05, 0) is 0 Å². The fourth-order valence-electron chi connectivity index (χ4n) is 3.72. The minimum atomic E-state index is -1.29. The van der Waals surface area contributed by atoms with E-state index in [0.29, 0.717) is 8.49 Å². The Morgan fingerprint density at radius 2 is 0.792 bits per heavy atom. The van der Waals surface area contributed by atoms with Gasteiger partial charge in [0.15, 0.2) is 0 Å². The van der Waals surface area contributed by atoms with E-state index in [4.69, 9.17) is 0 Å². The molecule has 0 bridgehead atoms. The molecule has 0 amide bonds. The molecule has 2 heteroatoms. The molecule has 124 valence electrons. The Balaban J connectivity index is 2.29. The van der Waals surface area contributed by atoms with Crippen molar-refractivity contribution in [1.82, 2.24) is 0 Å². The number of hydrogen-bond donors (Lipinski definition) is 0. The Bertz CT molecular complexity index is 729. The van der Waals surface area contributed by atoms with E-state index in [9.17, 15) is 0 Å². The fraction of sp³-hybridized carbons (Fsp3) is 0.364. The quantitative estimate of drug-likeness (QED) is 0.480. The van der Waals surface area contributed by atoms with Crippen LogP contribution in [0.1, 0.15) is 52.7 Å². The van der Waals surface area contributed by atoms with Crippen molar-refractivity contribution in [2.24, 2.45) is 0 Å². The SMILES string of the molecule is C[C](C)(C)[Ge]1=[Ge]([C](C)(C)C)[C](c2ccccc2)=[C]1c1ccccc1. The molecular weight excluding hydrogens is 409 g/mol. The average Bonchev–Trinajstić information content (AvgIpc) is 2.45. The Labute approximate surface area is 153 Å². The Morgan fingerprint density at radius 3 is 1.04 bits per heavy atom. The molecule has 2 aromatic rings. The van der Waals surface area contributed by atoms with Gasteiger partial charge in [-0.25, -0.2) is 0 Å². The van der Waals surface area contributed by atoms with E-state index >= 15 is 0 Å². The second-order valence-corrected chi connectivity index (χ2v) is 31.2. The molecule has 24 heavy (non-hydrogen) atoms. The first kappa shape index (κ1) is 18.1. The van der Waals surface area contributed by atoms with E-state index < -0.39 is 23.7 Å². The molecule has 1 aliphatic heterocycles. The molecule has 3 rings (SSSR count). The number of hydrogen-bond acceptors (Lipinski definition) is 0. The van der Waals surface area contributed by atoms with Crippen molar-refractivity contribution in [1.29, 1.82) is 0 Å². The van der Waals surface area contributed by atoms with E-state index in [0.717, 1.165) is 0 Å². The normalized spacial score (nSPS) is 15.6. The van der Waals surface area contributed by atoms with Gasteiger partial charge in [0, 0.05) is 0 Å². The van der Waals surface area contributed by atoms with Crippen molar-refractivity contribution in [3.63, 3.8) is 0 Å². The maximum absolute atomic E-state index is 2.51. The van der Waals surface area contributed by atoms with Gasteiger partial charge in [0.2, 0.25) is 0 Å². The summed E-state index contributed by atoms with van der Waals surface area (Å²) in [6.07, 6.45) is 0. The fourth-order valence-corrected chi connectivity index (χ4v) is 42.0. The zero-order valence-electron chi connectivity index (χ0n) is 15.8. The van der Waals surface area contributed by atoms with Crippen LogP contribution in [0.25, 0.3) is 8.81 Å². The second-order valence-electron chi connectivity index (χ2n) is 8.73. The van der Waals surface area contributed by atoms with Crippen molar-refractivity contribution >= 4 is 32.5 Å². The minimum absolute atomic E-state index is 0.492. The first-order valence-electron chi connectivity index (χ1n) is 8.82. The number of benzene rings is 2. The molecule has 0 unspecified atom stereocenters. The van der Waals surface area contributed by atoms with Crippen LogP contribution < -0.4 is 0 Å². The van der Waals surface area contributed by atoms with Crippen molar-refractivity contribution in [3.8, 4) is 0 Å². The third-order valence-electron chi connectivity index (χ3n) is 4.62. The van der Waals surface area contributed by atoms with E-state index in [1.54, 1.807) is 8.81 Å². The molecule has 0 aromatic heterocycles. The molecule has 1 aliphatic rings. The molecule has 0 saturated heterocycles. The summed E-state index contributed by atoms with van der Waals surface area (Å²) in [6, 6.07) is 22.5. The maximum atomic E-state index is 2.51. The molecule has 0 spiro atoms. The van der Waals surface area contributed by atoms with Crippen LogP contribution >= 0.6 is 0 Å². The van der Waals surface area contributed by atoms with Crippen LogP contribution in [-0.4, -0.2) is 23.7 Å². The number of rotatable bonds is 2. The topological polar surface area (TPSA) is 0 Å². The van der Waals surface area contributed by atoms with Crippen LogP contribution in [-0.2, 0) is 0 Å². The standard InChI is InChI=1S/C22H28Ge2/c1-21(2,3)23-19(17-13-9-7-10-14-17)20(24(23)22(4,5)6)18-15-11-8-12-16-18/h7-16H,1-6H3. The summed E-state index contributed by atoms with van der Waals surface area (Å²) in [7, 11) is 0. The Hall–Kier alpha value is -0.734. The molecule has 0 aliphatic carbocycles. The van der Waals surface area contributed by atoms with Crippen molar-refractivity contribution in [2.45, 2.75) is 50.0 Å². The van der Waals surface area contributed by atoms with Gasteiger partial charge in [-0.3, -0.25) is 0 Å². The van der Waals surface area contributed by atoms with Gasteiger partial charge in [-0.15, -0.1) is 0 Å². The van der Waals surface area contributed by atoms with Gasteiger partial charge in [-0.2, -0.15) is 0 Å². The summed E-state index contributed by atoms with van der Waals surface area (Å²) in [5.41, 5.74) is 3.00. The third kappa shape index (κ3) is 3.32. The van der Waals surface area contributed by atoms with E-state index in [2.05, 4.69) is 102 Å². The van der Waals surface area contributed by atoms with Gasteiger partial charge in [-0.1, -0.05) is 0 Å². The molecule has 0 saturated carbocycles. The molecule has 0 radical (unpaired) electrons. The summed E-state index contributed by atoms with van der Waals surface area (Å²) in [5, 5.41) is 0. The van der Waals surface area contributed by atoms with Gasteiger partial charge in [0.05, 0.1) is 0 Å². The Kier molecular flexibility index (Phi) is 4.92. The zero-order chi connectivity index (χ0) is 17.5. The predicted octanol–water partition coefficient (Wildman–Crippen LogP) is 6.36. The summed E-state index contributed by atoms with van der Waals surface area (Å²) in [5.74, 6) is 0. The Morgan fingerprint density at radius 1 is 0.500 bits per heavy atom. The molecular formula is C22H28Ge2. The van der Waals surface area contributed by atoms with Gasteiger partial charge < -0.3 is 0 Å². The first-order chi connectivity index (χ1) is 11.2. The molecule has 0 fully saturated rings. The van der Waals surface area contributed by atoms with E-state index in [1.807, 2.05) is 0 Å². The van der Waals surface area contributed by atoms with Crippen LogP contribution in [0.2, 0.25) is 8.49 Å². The predicted molar refractivity (Wildman–Crippen MR) is 111 cm³/mol. The monoisotopic (exact) mass is 440 g/mol. The van der Waals surface area contributed by atoms with Crippen molar-refractivity contribution in [2.75, 3.05) is 0 Å². The van der Waals surface area contributed by atoms with Crippen LogP contribution in [0, 0.1) is 0 Å². The molecule has 1 heterocycles. The van der Waals surface area contributed by atoms with Crippen LogP contribution in [0.5, 0.6) is 0 Å². The van der Waals surface area contributed by atoms with Crippen molar-refractivity contribution < 1.29 is 0 Å². The van der Waals surface area contributed by atoms with Gasteiger partial charge >= 0.3 is 154 Å². The molecule has 0 atom stereocenters. The summed E-state index contributed by atoms with van der Waals surface area (Å²) >= 11 is -2.58. The van der Waals surface area contributed by atoms with E-state index in [1.165, 1.54) is 11.1 Å². The summed E-state index contributed by atoms with van der Waals surface area (Å²) < 4.78 is 4.57. The third-order valence-corrected chi connectivity index (χ3v) is 44.7. The first-order valence-corrected chi connectivity index (χ1v) is 19.5. The average molecular weight is 438 g/mol. The van der Waals surface area contributed by atoms with Crippen LogP contribution in [0.4, 0.5) is 0 Å². The van der Waals surface area contributed by atoms with Crippen molar-refractivity contribution in [3.05, 3.63) is 71.8 Å². The van der Waals surface area contributed by atoms with Gasteiger partial charge in [0.1, 0.15) is 0 Å². The summed E-state index contributed by atoms with van der Waals surface area (Å²) in [6.45, 7) is 15.0.